The average Bonchev–Trinajstić information content (AvgIpc) is 2.77. The molecule has 1 amide bonds. The summed E-state index contributed by atoms with van der Waals surface area (Å²) in [5.74, 6) is -1.83. The Morgan fingerprint density at radius 3 is 2.34 bits per heavy atom. The van der Waals surface area contributed by atoms with Gasteiger partial charge in [0.25, 0.3) is 5.85 Å². The maximum absolute atomic E-state index is 13.0. The Hall–Kier alpha value is -3.31. The molecule has 1 aliphatic heterocycles. The second-order valence-corrected chi connectivity index (χ2v) is 6.88. The second-order valence-electron chi connectivity index (χ2n) is 6.88. The van der Waals surface area contributed by atoms with Crippen molar-refractivity contribution in [3.63, 3.8) is 0 Å². The van der Waals surface area contributed by atoms with Gasteiger partial charge >= 0.3 is 12.5 Å². The molecule has 2 aromatic rings. The third-order valence-electron chi connectivity index (χ3n) is 5.21. The molecule has 0 aliphatic carbocycles. The zero-order chi connectivity index (χ0) is 23.7. The van der Waals surface area contributed by atoms with Crippen LogP contribution in [0.5, 0.6) is 5.75 Å². The maximum atomic E-state index is 13.0. The minimum atomic E-state index is -4.93. The number of carbonyl (C=O) groups excluding carboxylic acids is 2. The number of fused-ring (bicyclic) bond motifs is 1. The number of hydrogen-bond acceptors (Lipinski definition) is 7. The lowest BCUT2D eigenvalue weighted by Crippen LogP contribution is -2.59. The van der Waals surface area contributed by atoms with Crippen LogP contribution in [-0.4, -0.2) is 46.4 Å². The summed E-state index contributed by atoms with van der Waals surface area (Å²) in [5, 5.41) is 8.84. The van der Waals surface area contributed by atoms with E-state index in [2.05, 4.69) is 20.7 Å². The fraction of sp³-hybridized carbons (Fsp3) is 0.333. The van der Waals surface area contributed by atoms with Crippen molar-refractivity contribution in [3.8, 4) is 16.9 Å². The van der Waals surface area contributed by atoms with Crippen LogP contribution in [-0.2, 0) is 10.6 Å². The maximum Gasteiger partial charge on any atom is 0.573 e. The standard InChI is InChI=1S/C21H23F3N4O4/c1-5-28-17-9-13(14-8-12(11-29)6-7-18(14)31-21(22,23)24)16(25-2)10-15(17)20(26-3,27-4)32-19(28)30/h6-11,25-27H,5H2,1-4H3. The van der Waals surface area contributed by atoms with E-state index < -0.39 is 24.1 Å². The molecular formula is C21H23F3N4O4. The number of aldehydes is 1. The van der Waals surface area contributed by atoms with Gasteiger partial charge in [0, 0.05) is 36.0 Å². The van der Waals surface area contributed by atoms with E-state index in [0.29, 0.717) is 28.8 Å². The van der Waals surface area contributed by atoms with Crippen LogP contribution in [0.15, 0.2) is 30.3 Å². The molecule has 0 bridgehead atoms. The Balaban J connectivity index is 2.34. The highest BCUT2D eigenvalue weighted by molar-refractivity contribution is 5.96. The molecule has 8 nitrogen and oxygen atoms in total. The van der Waals surface area contributed by atoms with Gasteiger partial charge < -0.3 is 14.8 Å². The van der Waals surface area contributed by atoms with E-state index in [4.69, 9.17) is 4.74 Å². The van der Waals surface area contributed by atoms with Gasteiger partial charge in [-0.1, -0.05) is 0 Å². The first-order valence-corrected chi connectivity index (χ1v) is 9.73. The largest absolute Gasteiger partial charge is 0.573 e. The van der Waals surface area contributed by atoms with E-state index >= 15 is 0 Å². The van der Waals surface area contributed by atoms with Gasteiger partial charge in [0.1, 0.15) is 12.0 Å². The number of alkyl halides is 3. The Bertz CT molecular complexity index is 1040. The minimum absolute atomic E-state index is 0.0357. The van der Waals surface area contributed by atoms with Crippen LogP contribution >= 0.6 is 0 Å². The van der Waals surface area contributed by atoms with Crippen molar-refractivity contribution < 1.29 is 32.2 Å². The molecule has 0 spiro atoms. The zero-order valence-electron chi connectivity index (χ0n) is 17.9. The predicted octanol–water partition coefficient (Wildman–Crippen LogP) is 3.63. The van der Waals surface area contributed by atoms with Crippen LogP contribution in [0.3, 0.4) is 0 Å². The van der Waals surface area contributed by atoms with Crippen LogP contribution in [0, 0.1) is 0 Å². The molecule has 0 saturated carbocycles. The fourth-order valence-electron chi connectivity index (χ4n) is 3.70. The van der Waals surface area contributed by atoms with Crippen LogP contribution in [0.2, 0.25) is 0 Å². The summed E-state index contributed by atoms with van der Waals surface area (Å²) in [4.78, 5) is 25.3. The van der Waals surface area contributed by atoms with Crippen molar-refractivity contribution in [1.29, 1.82) is 0 Å². The second kappa shape index (κ2) is 8.67. The SMILES string of the molecule is CCN1C(=O)OC(NC)(NC)c2cc(NC)c(-c3cc(C=O)ccc3OC(F)(F)F)cc21. The molecule has 172 valence electrons. The van der Waals surface area contributed by atoms with Gasteiger partial charge in [-0.15, -0.1) is 13.2 Å². The lowest BCUT2D eigenvalue weighted by molar-refractivity contribution is -0.274. The van der Waals surface area contributed by atoms with Crippen molar-refractivity contribution in [3.05, 3.63) is 41.5 Å². The Labute approximate surface area is 182 Å². The molecule has 0 atom stereocenters. The van der Waals surface area contributed by atoms with Crippen molar-refractivity contribution in [2.75, 3.05) is 37.9 Å². The number of hydrogen-bond donors (Lipinski definition) is 3. The van der Waals surface area contributed by atoms with E-state index in [9.17, 15) is 22.8 Å². The summed E-state index contributed by atoms with van der Waals surface area (Å²) in [6.07, 6.45) is -5.04. The first kappa shape index (κ1) is 23.4. The summed E-state index contributed by atoms with van der Waals surface area (Å²) in [7, 11) is 4.81. The highest BCUT2D eigenvalue weighted by Gasteiger charge is 2.44. The highest BCUT2D eigenvalue weighted by Crippen LogP contribution is 2.45. The first-order valence-electron chi connectivity index (χ1n) is 9.73. The Morgan fingerprint density at radius 2 is 1.81 bits per heavy atom. The molecule has 0 radical (unpaired) electrons. The van der Waals surface area contributed by atoms with Gasteiger partial charge in [-0.2, -0.15) is 0 Å². The molecule has 2 aromatic carbocycles. The van der Waals surface area contributed by atoms with Gasteiger partial charge in [-0.25, -0.2) is 4.79 Å². The van der Waals surface area contributed by atoms with E-state index in [1.54, 1.807) is 40.2 Å². The van der Waals surface area contributed by atoms with E-state index in [-0.39, 0.29) is 17.7 Å². The molecular weight excluding hydrogens is 429 g/mol. The number of carbonyl (C=O) groups is 2. The summed E-state index contributed by atoms with van der Waals surface area (Å²) in [5.41, 5.74) is 1.92. The third kappa shape index (κ3) is 4.08. The summed E-state index contributed by atoms with van der Waals surface area (Å²) in [6, 6.07) is 6.86. The van der Waals surface area contributed by atoms with Gasteiger partial charge in [0.2, 0.25) is 0 Å². The number of cyclic esters (lactones) is 1. The topological polar surface area (TPSA) is 91.9 Å². The molecule has 3 rings (SSSR count). The zero-order valence-corrected chi connectivity index (χ0v) is 17.9. The molecule has 0 aromatic heterocycles. The normalized spacial score (nSPS) is 15.1. The first-order chi connectivity index (χ1) is 15.1. The number of halogens is 3. The molecule has 32 heavy (non-hydrogen) atoms. The Kier molecular flexibility index (Phi) is 6.33. The summed E-state index contributed by atoms with van der Waals surface area (Å²) in [6.45, 7) is 2.00. The molecule has 11 heteroatoms. The van der Waals surface area contributed by atoms with Crippen LogP contribution in [0.25, 0.3) is 11.1 Å². The summed E-state index contributed by atoms with van der Waals surface area (Å²) >= 11 is 0. The highest BCUT2D eigenvalue weighted by atomic mass is 19.4. The molecule has 0 saturated heterocycles. The van der Waals surface area contributed by atoms with Crippen LogP contribution < -0.4 is 25.6 Å². The van der Waals surface area contributed by atoms with Gasteiger partial charge in [-0.05, 0) is 51.4 Å². The molecule has 1 aliphatic rings. The third-order valence-corrected chi connectivity index (χ3v) is 5.21. The number of nitrogens with one attached hydrogen (secondary N) is 3. The van der Waals surface area contributed by atoms with E-state index in [1.807, 2.05) is 0 Å². The smallest absolute Gasteiger partial charge is 0.409 e. The molecule has 0 unspecified atom stereocenters. The van der Waals surface area contributed by atoms with Crippen molar-refractivity contribution in [1.82, 2.24) is 10.6 Å². The van der Waals surface area contributed by atoms with Crippen LogP contribution in [0.1, 0.15) is 22.8 Å². The number of benzene rings is 2. The Morgan fingerprint density at radius 1 is 1.12 bits per heavy atom. The van der Waals surface area contributed by atoms with Gasteiger partial charge in [0.15, 0.2) is 0 Å². The lowest BCUT2D eigenvalue weighted by atomic mass is 9.94. The van der Waals surface area contributed by atoms with Gasteiger partial charge in [-0.3, -0.25) is 20.3 Å². The molecule has 3 N–H and O–H groups in total. The van der Waals surface area contributed by atoms with Gasteiger partial charge in [0.05, 0.1) is 11.3 Å². The fourth-order valence-corrected chi connectivity index (χ4v) is 3.70. The number of amides is 1. The van der Waals surface area contributed by atoms with E-state index in [0.717, 1.165) is 6.07 Å². The number of ether oxygens (including phenoxy) is 2. The number of rotatable bonds is 7. The van der Waals surface area contributed by atoms with E-state index in [1.165, 1.54) is 17.0 Å². The molecule has 0 fully saturated rings. The van der Waals surface area contributed by atoms with Crippen LogP contribution in [0.4, 0.5) is 29.3 Å². The predicted molar refractivity (Wildman–Crippen MR) is 113 cm³/mol. The van der Waals surface area contributed by atoms with Crippen molar-refractivity contribution >= 4 is 23.8 Å². The molecule has 1 heterocycles. The minimum Gasteiger partial charge on any atom is -0.409 e. The van der Waals surface area contributed by atoms with Crippen molar-refractivity contribution in [2.24, 2.45) is 0 Å². The van der Waals surface area contributed by atoms with Crippen molar-refractivity contribution in [2.45, 2.75) is 19.1 Å². The average molecular weight is 452 g/mol. The summed E-state index contributed by atoms with van der Waals surface area (Å²) < 4.78 is 48.9. The number of anilines is 2. The number of nitrogens with zero attached hydrogens (tertiary/aromatic N) is 1. The lowest BCUT2D eigenvalue weighted by Gasteiger charge is -2.42. The quantitative estimate of drug-likeness (QED) is 0.437. The monoisotopic (exact) mass is 452 g/mol.